The van der Waals surface area contributed by atoms with Crippen molar-refractivity contribution in [1.29, 1.82) is 0 Å². The third-order valence-corrected chi connectivity index (χ3v) is 4.11. The number of carbonyl (C=O) groups excluding carboxylic acids is 2. The van der Waals surface area contributed by atoms with Gasteiger partial charge in [0.15, 0.2) is 5.78 Å². The highest BCUT2D eigenvalue weighted by Gasteiger charge is 2.23. The summed E-state index contributed by atoms with van der Waals surface area (Å²) in [7, 11) is 0. The summed E-state index contributed by atoms with van der Waals surface area (Å²) < 4.78 is 10.7. The Kier molecular flexibility index (Phi) is 7.56. The minimum atomic E-state index is -0.812. The number of hydrogen-bond donors (Lipinski definition) is 0. The molecule has 28 heavy (non-hydrogen) atoms. The number of hydrogen-bond acceptors (Lipinski definition) is 4. The first kappa shape index (κ1) is 21.4. The van der Waals surface area contributed by atoms with Gasteiger partial charge >= 0.3 is 6.16 Å². The molecule has 0 amide bonds. The van der Waals surface area contributed by atoms with Crippen molar-refractivity contribution in [1.82, 2.24) is 0 Å². The van der Waals surface area contributed by atoms with Crippen molar-refractivity contribution in [2.75, 3.05) is 6.61 Å². The van der Waals surface area contributed by atoms with Gasteiger partial charge in [-0.3, -0.25) is 4.79 Å². The molecule has 0 fully saturated rings. The van der Waals surface area contributed by atoms with Crippen LogP contribution in [-0.2, 0) is 9.47 Å². The van der Waals surface area contributed by atoms with E-state index in [9.17, 15) is 9.59 Å². The minimum absolute atomic E-state index is 0.149. The SMILES string of the molecule is CC(C)CC(C)(C)COC(=O)OC(=CC(=O)c1ccccc1)c1ccccc1. The van der Waals surface area contributed by atoms with Gasteiger partial charge in [0.1, 0.15) is 12.4 Å². The lowest BCUT2D eigenvalue weighted by atomic mass is 9.85. The lowest BCUT2D eigenvalue weighted by molar-refractivity contribution is 0.0496. The molecule has 148 valence electrons. The van der Waals surface area contributed by atoms with E-state index in [1.54, 1.807) is 36.4 Å². The van der Waals surface area contributed by atoms with E-state index < -0.39 is 6.16 Å². The molecule has 2 aromatic carbocycles. The van der Waals surface area contributed by atoms with E-state index in [2.05, 4.69) is 13.8 Å². The van der Waals surface area contributed by atoms with Gasteiger partial charge in [0.05, 0.1) is 0 Å². The molecule has 4 heteroatoms. The average Bonchev–Trinajstić information content (AvgIpc) is 2.66. The molecule has 0 aliphatic heterocycles. The quantitative estimate of drug-likeness (QED) is 0.239. The van der Waals surface area contributed by atoms with E-state index in [4.69, 9.17) is 9.47 Å². The maximum atomic E-state index is 12.5. The van der Waals surface area contributed by atoms with Crippen LogP contribution in [0, 0.1) is 11.3 Å². The van der Waals surface area contributed by atoms with Crippen LogP contribution in [0.25, 0.3) is 5.76 Å². The maximum Gasteiger partial charge on any atom is 0.513 e. The Balaban J connectivity index is 2.14. The van der Waals surface area contributed by atoms with Crippen molar-refractivity contribution in [2.45, 2.75) is 34.1 Å². The second kappa shape index (κ2) is 9.88. The molecule has 0 saturated heterocycles. The lowest BCUT2D eigenvalue weighted by Gasteiger charge is -2.25. The molecule has 0 saturated carbocycles. The first-order valence-electron chi connectivity index (χ1n) is 9.48. The largest absolute Gasteiger partial charge is 0.513 e. The molecule has 2 rings (SSSR count). The molecule has 0 radical (unpaired) electrons. The maximum absolute atomic E-state index is 12.5. The van der Waals surface area contributed by atoms with Gasteiger partial charge < -0.3 is 9.47 Å². The molecule has 0 N–H and O–H groups in total. The van der Waals surface area contributed by atoms with E-state index >= 15 is 0 Å². The third-order valence-electron chi connectivity index (χ3n) is 4.11. The summed E-state index contributed by atoms with van der Waals surface area (Å²) in [5.41, 5.74) is 1.00. The fourth-order valence-electron chi connectivity index (χ4n) is 3.12. The van der Waals surface area contributed by atoms with Crippen LogP contribution < -0.4 is 0 Å². The Hall–Kier alpha value is -2.88. The molecular weight excluding hydrogens is 352 g/mol. The van der Waals surface area contributed by atoms with Crippen LogP contribution in [0.1, 0.15) is 50.0 Å². The second-order valence-corrected chi connectivity index (χ2v) is 8.01. The highest BCUT2D eigenvalue weighted by molar-refractivity contribution is 6.08. The zero-order valence-electron chi connectivity index (χ0n) is 17.0. The van der Waals surface area contributed by atoms with Gasteiger partial charge in [-0.25, -0.2) is 4.79 Å². The first-order chi connectivity index (χ1) is 13.3. The summed E-state index contributed by atoms with van der Waals surface area (Å²) >= 11 is 0. The number of carbonyl (C=O) groups is 2. The second-order valence-electron chi connectivity index (χ2n) is 8.01. The average molecular weight is 380 g/mol. The normalized spacial score (nSPS) is 12.0. The number of benzene rings is 2. The summed E-state index contributed by atoms with van der Waals surface area (Å²) in [5.74, 6) is 0.423. The van der Waals surface area contributed by atoms with E-state index in [0.29, 0.717) is 17.0 Å². The predicted molar refractivity (Wildman–Crippen MR) is 111 cm³/mol. The van der Waals surface area contributed by atoms with Gasteiger partial charge in [0.25, 0.3) is 0 Å². The molecule has 0 unspecified atom stereocenters. The van der Waals surface area contributed by atoms with Gasteiger partial charge in [-0.2, -0.15) is 0 Å². The van der Waals surface area contributed by atoms with Gasteiger partial charge in [0, 0.05) is 17.2 Å². The van der Waals surface area contributed by atoms with Crippen LogP contribution in [-0.4, -0.2) is 18.5 Å². The van der Waals surface area contributed by atoms with E-state index in [1.165, 1.54) is 6.08 Å². The van der Waals surface area contributed by atoms with Gasteiger partial charge in [-0.1, -0.05) is 88.4 Å². The van der Waals surface area contributed by atoms with Crippen molar-refractivity contribution in [3.8, 4) is 0 Å². The van der Waals surface area contributed by atoms with E-state index in [0.717, 1.165) is 6.42 Å². The smallest absolute Gasteiger partial charge is 0.433 e. The van der Waals surface area contributed by atoms with Crippen molar-refractivity contribution in [3.05, 3.63) is 77.9 Å². The minimum Gasteiger partial charge on any atom is -0.433 e. The summed E-state index contributed by atoms with van der Waals surface area (Å²) in [6, 6.07) is 17.9. The highest BCUT2D eigenvalue weighted by atomic mass is 16.7. The third kappa shape index (κ3) is 7.03. The van der Waals surface area contributed by atoms with E-state index in [1.807, 2.05) is 38.1 Å². The van der Waals surface area contributed by atoms with Gasteiger partial charge in [0.2, 0.25) is 0 Å². The van der Waals surface area contributed by atoms with Crippen LogP contribution in [0.3, 0.4) is 0 Å². The highest BCUT2D eigenvalue weighted by Crippen LogP contribution is 2.26. The molecule has 0 aromatic heterocycles. The number of rotatable bonds is 8. The fraction of sp³-hybridized carbons (Fsp3) is 0.333. The van der Waals surface area contributed by atoms with Crippen molar-refractivity contribution in [3.63, 3.8) is 0 Å². The molecule has 0 heterocycles. The molecular formula is C24H28O4. The summed E-state index contributed by atoms with van der Waals surface area (Å²) in [5, 5.41) is 0. The zero-order chi connectivity index (χ0) is 20.6. The molecule has 0 bridgehead atoms. The number of allylic oxidation sites excluding steroid dienone is 1. The van der Waals surface area contributed by atoms with Crippen molar-refractivity contribution in [2.24, 2.45) is 11.3 Å². The van der Waals surface area contributed by atoms with Crippen LogP contribution in [0.4, 0.5) is 4.79 Å². The van der Waals surface area contributed by atoms with E-state index in [-0.39, 0.29) is 23.6 Å². The lowest BCUT2D eigenvalue weighted by Crippen LogP contribution is -2.24. The molecule has 0 spiro atoms. The summed E-state index contributed by atoms with van der Waals surface area (Å²) in [4.78, 5) is 24.8. The van der Waals surface area contributed by atoms with Crippen LogP contribution in [0.15, 0.2) is 66.7 Å². The van der Waals surface area contributed by atoms with Crippen molar-refractivity contribution >= 4 is 17.7 Å². The zero-order valence-corrected chi connectivity index (χ0v) is 17.0. The molecule has 2 aromatic rings. The molecule has 4 nitrogen and oxygen atoms in total. The van der Waals surface area contributed by atoms with Crippen LogP contribution in [0.2, 0.25) is 0 Å². The molecule has 0 atom stereocenters. The topological polar surface area (TPSA) is 52.6 Å². The Morgan fingerprint density at radius 3 is 2.00 bits per heavy atom. The molecule has 0 aliphatic rings. The summed E-state index contributed by atoms with van der Waals surface area (Å²) in [6.07, 6.45) is 1.44. The Morgan fingerprint density at radius 2 is 1.46 bits per heavy atom. The predicted octanol–water partition coefficient (Wildman–Crippen LogP) is 6.14. The first-order valence-corrected chi connectivity index (χ1v) is 9.48. The van der Waals surface area contributed by atoms with Crippen LogP contribution >= 0.6 is 0 Å². The van der Waals surface area contributed by atoms with Crippen molar-refractivity contribution < 1.29 is 19.1 Å². The Morgan fingerprint density at radius 1 is 0.929 bits per heavy atom. The fourth-order valence-corrected chi connectivity index (χ4v) is 3.12. The molecule has 0 aliphatic carbocycles. The van der Waals surface area contributed by atoms with Gasteiger partial charge in [-0.15, -0.1) is 0 Å². The standard InChI is InChI=1S/C24H28O4/c1-18(2)16-24(3,4)17-27-23(26)28-22(20-13-9-6-10-14-20)15-21(25)19-11-7-5-8-12-19/h5-15,18H,16-17H2,1-4H3. The Labute approximate surface area is 167 Å². The number of ketones is 1. The number of ether oxygens (including phenoxy) is 2. The Bertz CT molecular complexity index is 805. The monoisotopic (exact) mass is 380 g/mol. The van der Waals surface area contributed by atoms with Gasteiger partial charge in [-0.05, 0) is 17.8 Å². The summed E-state index contributed by atoms with van der Waals surface area (Å²) in [6.45, 7) is 8.61. The van der Waals surface area contributed by atoms with Crippen LogP contribution in [0.5, 0.6) is 0 Å².